The van der Waals surface area contributed by atoms with Gasteiger partial charge in [0.15, 0.2) is 0 Å². The summed E-state index contributed by atoms with van der Waals surface area (Å²) in [4.78, 5) is 19.6. The van der Waals surface area contributed by atoms with E-state index in [9.17, 15) is 4.79 Å². The monoisotopic (exact) mass is 425 g/mol. The summed E-state index contributed by atoms with van der Waals surface area (Å²) in [5.41, 5.74) is 1.02. The molecule has 0 radical (unpaired) electrons. The van der Waals surface area contributed by atoms with Gasteiger partial charge in [-0.3, -0.25) is 4.79 Å². The number of rotatable bonds is 6. The topological polar surface area (TPSA) is 80.2 Å². The van der Waals surface area contributed by atoms with Crippen LogP contribution in [0.4, 0.5) is 5.82 Å². The summed E-state index contributed by atoms with van der Waals surface area (Å²) in [5.74, 6) is 0.665. The van der Waals surface area contributed by atoms with Gasteiger partial charge in [-0.2, -0.15) is 0 Å². The van der Waals surface area contributed by atoms with Crippen LogP contribution in [0, 0.1) is 12.8 Å². The van der Waals surface area contributed by atoms with Gasteiger partial charge in [0, 0.05) is 36.7 Å². The lowest BCUT2D eigenvalue weighted by atomic mass is 9.95. The third kappa shape index (κ3) is 4.83. The number of methoxy groups -OCH3 is 1. The van der Waals surface area contributed by atoms with Gasteiger partial charge in [-0.1, -0.05) is 23.5 Å². The minimum Gasteiger partial charge on any atom is -0.380 e. The molecule has 7 nitrogen and oxygen atoms in total. The van der Waals surface area contributed by atoms with E-state index < -0.39 is 0 Å². The molecule has 1 saturated heterocycles. The molecule has 1 aromatic carbocycles. The first-order valence-corrected chi connectivity index (χ1v) is 11.1. The maximum absolute atomic E-state index is 12.8. The fraction of sp³-hybridized carbons (Fsp3) is 0.455. The lowest BCUT2D eigenvalue weighted by Crippen LogP contribution is -2.41. The molecule has 1 N–H and O–H groups in total. The summed E-state index contributed by atoms with van der Waals surface area (Å²) in [6.07, 6.45) is 3.73. The Bertz CT molecular complexity index is 1030. The van der Waals surface area contributed by atoms with Gasteiger partial charge in [-0.25, -0.2) is 4.98 Å². The minimum atomic E-state index is 0.0206. The average Bonchev–Trinajstić information content (AvgIpc) is 3.20. The van der Waals surface area contributed by atoms with Crippen LogP contribution in [-0.2, 0) is 9.53 Å². The van der Waals surface area contributed by atoms with E-state index in [1.165, 1.54) is 0 Å². The molecular weight excluding hydrogens is 398 g/mol. The number of fused-ring (bicyclic) bond motifs is 1. The highest BCUT2D eigenvalue weighted by Gasteiger charge is 2.26. The number of aromatic nitrogens is 3. The highest BCUT2D eigenvalue weighted by atomic mass is 32.1. The van der Waals surface area contributed by atoms with Crippen molar-refractivity contribution in [3.05, 3.63) is 35.5 Å². The molecule has 158 valence electrons. The number of ether oxygens (including phenoxy) is 1. The first kappa shape index (κ1) is 20.8. The van der Waals surface area contributed by atoms with E-state index in [0.29, 0.717) is 5.82 Å². The van der Waals surface area contributed by atoms with Gasteiger partial charge in [0.2, 0.25) is 5.91 Å². The van der Waals surface area contributed by atoms with E-state index in [1.807, 2.05) is 25.1 Å². The van der Waals surface area contributed by atoms with Crippen molar-refractivity contribution < 1.29 is 9.53 Å². The van der Waals surface area contributed by atoms with Gasteiger partial charge in [-0.15, -0.1) is 10.2 Å². The van der Waals surface area contributed by atoms with Gasteiger partial charge in [0.05, 0.1) is 6.10 Å². The van der Waals surface area contributed by atoms with Crippen LogP contribution >= 0.6 is 11.3 Å². The van der Waals surface area contributed by atoms with E-state index in [-0.39, 0.29) is 17.9 Å². The highest BCUT2D eigenvalue weighted by molar-refractivity contribution is 7.14. The second-order valence-electron chi connectivity index (χ2n) is 7.87. The van der Waals surface area contributed by atoms with Gasteiger partial charge in [0.1, 0.15) is 15.8 Å². The SMILES string of the molecule is COC(C)CN1CCC(C(=O)Nc2cc3cc(-c4nnc(C)s4)ccc3cn2)CC1. The molecule has 30 heavy (non-hydrogen) atoms. The Morgan fingerprint density at radius 2 is 2.07 bits per heavy atom. The number of piperidine rings is 1. The standard InChI is InChI=1S/C22H27N5O2S/c1-14(29-3)13-27-8-6-16(7-9-27)21(28)24-20-11-19-10-17(4-5-18(19)12-23-20)22-26-25-15(2)30-22/h4-5,10-12,14,16H,6-9,13H2,1-3H3,(H,23,24,28). The largest absolute Gasteiger partial charge is 0.380 e. The van der Waals surface area contributed by atoms with Crippen LogP contribution in [0.15, 0.2) is 30.5 Å². The molecular formula is C22H27N5O2S. The predicted octanol–water partition coefficient (Wildman–Crippen LogP) is 3.75. The molecule has 8 heteroatoms. The van der Waals surface area contributed by atoms with Crippen molar-refractivity contribution in [2.45, 2.75) is 32.8 Å². The van der Waals surface area contributed by atoms with E-state index in [0.717, 1.165) is 58.8 Å². The third-order valence-corrected chi connectivity index (χ3v) is 6.51. The first-order chi connectivity index (χ1) is 14.5. The summed E-state index contributed by atoms with van der Waals surface area (Å²) in [6, 6.07) is 8.05. The lowest BCUT2D eigenvalue weighted by Gasteiger charge is -2.32. The van der Waals surface area contributed by atoms with E-state index in [2.05, 4.69) is 38.4 Å². The third-order valence-electron chi connectivity index (χ3n) is 5.62. The second kappa shape index (κ2) is 9.16. The quantitative estimate of drug-likeness (QED) is 0.648. The molecule has 1 fully saturated rings. The Morgan fingerprint density at radius 3 is 2.77 bits per heavy atom. The van der Waals surface area contributed by atoms with Gasteiger partial charge < -0.3 is 15.0 Å². The van der Waals surface area contributed by atoms with Crippen molar-refractivity contribution in [1.29, 1.82) is 0 Å². The summed E-state index contributed by atoms with van der Waals surface area (Å²) in [5, 5.41) is 15.2. The van der Waals surface area contributed by atoms with Crippen molar-refractivity contribution in [2.75, 3.05) is 32.1 Å². The van der Waals surface area contributed by atoms with Crippen LogP contribution in [0.2, 0.25) is 0 Å². The van der Waals surface area contributed by atoms with Crippen molar-refractivity contribution in [2.24, 2.45) is 5.92 Å². The van der Waals surface area contributed by atoms with Gasteiger partial charge in [0.25, 0.3) is 0 Å². The Kier molecular flexibility index (Phi) is 6.36. The second-order valence-corrected chi connectivity index (χ2v) is 9.05. The van der Waals surface area contributed by atoms with E-state index in [4.69, 9.17) is 4.74 Å². The van der Waals surface area contributed by atoms with Crippen LogP contribution in [-0.4, -0.2) is 58.8 Å². The molecule has 1 unspecified atom stereocenters. The molecule has 1 atom stereocenters. The number of carbonyl (C=O) groups excluding carboxylic acids is 1. The molecule has 3 aromatic rings. The molecule has 1 aliphatic heterocycles. The zero-order valence-corrected chi connectivity index (χ0v) is 18.4. The predicted molar refractivity (Wildman–Crippen MR) is 120 cm³/mol. The Hall–Kier alpha value is -2.42. The zero-order valence-electron chi connectivity index (χ0n) is 17.6. The fourth-order valence-electron chi connectivity index (χ4n) is 3.80. The number of anilines is 1. The maximum atomic E-state index is 12.8. The molecule has 0 spiro atoms. The van der Waals surface area contributed by atoms with Crippen molar-refractivity contribution in [3.8, 4) is 10.6 Å². The molecule has 0 aliphatic carbocycles. The number of carbonyl (C=O) groups is 1. The van der Waals surface area contributed by atoms with Crippen LogP contribution in [0.25, 0.3) is 21.3 Å². The normalized spacial score (nSPS) is 16.6. The van der Waals surface area contributed by atoms with E-state index in [1.54, 1.807) is 24.6 Å². The number of pyridine rings is 1. The smallest absolute Gasteiger partial charge is 0.228 e. The molecule has 3 heterocycles. The number of benzene rings is 1. The van der Waals surface area contributed by atoms with Gasteiger partial charge >= 0.3 is 0 Å². The molecule has 4 rings (SSSR count). The van der Waals surface area contributed by atoms with Crippen LogP contribution in [0.3, 0.4) is 0 Å². The van der Waals surface area contributed by atoms with E-state index >= 15 is 0 Å². The van der Waals surface area contributed by atoms with Gasteiger partial charge in [-0.05, 0) is 57.3 Å². The Balaban J connectivity index is 1.41. The van der Waals surface area contributed by atoms with Crippen LogP contribution < -0.4 is 5.32 Å². The molecule has 0 saturated carbocycles. The zero-order chi connectivity index (χ0) is 21.1. The summed E-state index contributed by atoms with van der Waals surface area (Å²) in [6.45, 7) is 6.76. The molecule has 1 aliphatic rings. The summed E-state index contributed by atoms with van der Waals surface area (Å²) < 4.78 is 5.34. The Labute approximate surface area is 180 Å². The number of nitrogens with zero attached hydrogens (tertiary/aromatic N) is 4. The van der Waals surface area contributed by atoms with Crippen LogP contribution in [0.5, 0.6) is 0 Å². The summed E-state index contributed by atoms with van der Waals surface area (Å²) >= 11 is 1.57. The van der Waals surface area contributed by atoms with Crippen molar-refractivity contribution >= 4 is 33.8 Å². The average molecular weight is 426 g/mol. The Morgan fingerprint density at radius 1 is 1.27 bits per heavy atom. The lowest BCUT2D eigenvalue weighted by molar-refractivity contribution is -0.121. The number of likely N-dealkylation sites (tertiary alicyclic amines) is 1. The van der Waals surface area contributed by atoms with Crippen molar-refractivity contribution in [1.82, 2.24) is 20.1 Å². The summed E-state index contributed by atoms with van der Waals surface area (Å²) in [7, 11) is 1.74. The van der Waals surface area contributed by atoms with Crippen molar-refractivity contribution in [3.63, 3.8) is 0 Å². The molecule has 2 aromatic heterocycles. The maximum Gasteiger partial charge on any atom is 0.228 e. The fourth-order valence-corrected chi connectivity index (χ4v) is 4.49. The number of hydrogen-bond acceptors (Lipinski definition) is 7. The number of aryl methyl sites for hydroxylation is 1. The number of hydrogen-bond donors (Lipinski definition) is 1. The highest BCUT2D eigenvalue weighted by Crippen LogP contribution is 2.28. The minimum absolute atomic E-state index is 0.0206. The number of nitrogens with one attached hydrogen (secondary N) is 1. The first-order valence-electron chi connectivity index (χ1n) is 10.3. The molecule has 0 bridgehead atoms. The van der Waals surface area contributed by atoms with Crippen LogP contribution in [0.1, 0.15) is 24.8 Å². The number of amides is 1. The molecule has 1 amide bonds.